The van der Waals surface area contributed by atoms with Gasteiger partial charge in [-0.05, 0) is 17.7 Å². The van der Waals surface area contributed by atoms with Crippen LogP contribution in [0.5, 0.6) is 0 Å². The number of aromatic nitrogens is 3. The van der Waals surface area contributed by atoms with Crippen molar-refractivity contribution in [2.24, 2.45) is 0 Å². The van der Waals surface area contributed by atoms with Crippen LogP contribution in [0.3, 0.4) is 0 Å². The van der Waals surface area contributed by atoms with Gasteiger partial charge in [-0.2, -0.15) is 0 Å². The van der Waals surface area contributed by atoms with E-state index >= 15 is 0 Å². The van der Waals surface area contributed by atoms with Crippen molar-refractivity contribution >= 4 is 27.8 Å². The molecule has 0 fully saturated rings. The molecule has 3 rings (SSSR count). The zero-order valence-corrected chi connectivity index (χ0v) is 9.40. The van der Waals surface area contributed by atoms with Crippen molar-refractivity contribution in [3.05, 3.63) is 30.1 Å². The zero-order chi connectivity index (χ0) is 11.8. The molecule has 2 heterocycles. The fourth-order valence-electron chi connectivity index (χ4n) is 2.05. The number of fused-ring (bicyclic) bond motifs is 3. The Kier molecular flexibility index (Phi) is 2.19. The van der Waals surface area contributed by atoms with Gasteiger partial charge >= 0.3 is 0 Å². The van der Waals surface area contributed by atoms with Crippen molar-refractivity contribution in [2.75, 3.05) is 12.8 Å². The Balaban J connectivity index is 2.36. The number of methoxy groups -OCH3 is 1. The highest BCUT2D eigenvalue weighted by molar-refractivity contribution is 6.10. The third-order valence-corrected chi connectivity index (χ3v) is 2.79. The Labute approximate surface area is 97.6 Å². The minimum Gasteiger partial charge on any atom is -0.383 e. The molecule has 0 bridgehead atoms. The number of benzene rings is 1. The molecule has 0 aliphatic rings. The third-order valence-electron chi connectivity index (χ3n) is 2.79. The predicted octanol–water partition coefficient (Wildman–Crippen LogP) is 1.84. The smallest absolute Gasteiger partial charge is 0.143 e. The number of anilines is 1. The zero-order valence-electron chi connectivity index (χ0n) is 9.40. The summed E-state index contributed by atoms with van der Waals surface area (Å²) in [6.45, 7) is 0.580. The first-order valence-corrected chi connectivity index (χ1v) is 5.29. The number of nitrogen functional groups attached to an aromatic ring is 1. The lowest BCUT2D eigenvalue weighted by atomic mass is 10.1. The minimum absolute atomic E-state index is 0.496. The highest BCUT2D eigenvalue weighted by Crippen LogP contribution is 2.28. The molecule has 0 unspecified atom stereocenters. The molecule has 3 aromatic rings. The molecule has 0 aliphatic carbocycles. The summed E-state index contributed by atoms with van der Waals surface area (Å²) in [5.41, 5.74) is 8.76. The second-order valence-electron chi connectivity index (χ2n) is 3.92. The lowest BCUT2D eigenvalue weighted by Crippen LogP contribution is -1.91. The number of hydrogen-bond acceptors (Lipinski definition) is 4. The molecule has 0 spiro atoms. The van der Waals surface area contributed by atoms with Crippen molar-refractivity contribution in [3.8, 4) is 0 Å². The molecule has 0 amide bonds. The van der Waals surface area contributed by atoms with Crippen molar-refractivity contribution in [1.82, 2.24) is 15.0 Å². The fourth-order valence-corrected chi connectivity index (χ4v) is 2.05. The van der Waals surface area contributed by atoms with Gasteiger partial charge in [-0.15, -0.1) is 0 Å². The SMILES string of the molecule is COCc1ccc2[nH]c3ncnc(N)c3c2c1. The van der Waals surface area contributed by atoms with Gasteiger partial charge in [0.05, 0.1) is 12.0 Å². The van der Waals surface area contributed by atoms with Crippen LogP contribution in [-0.4, -0.2) is 22.1 Å². The van der Waals surface area contributed by atoms with Crippen LogP contribution in [0.15, 0.2) is 24.5 Å². The topological polar surface area (TPSA) is 76.8 Å². The minimum atomic E-state index is 0.496. The Morgan fingerprint density at radius 2 is 2.24 bits per heavy atom. The van der Waals surface area contributed by atoms with Gasteiger partial charge < -0.3 is 15.5 Å². The second-order valence-corrected chi connectivity index (χ2v) is 3.92. The molecule has 0 aliphatic heterocycles. The van der Waals surface area contributed by atoms with E-state index in [1.165, 1.54) is 6.33 Å². The van der Waals surface area contributed by atoms with Gasteiger partial charge in [-0.25, -0.2) is 9.97 Å². The van der Waals surface area contributed by atoms with Gasteiger partial charge in [-0.1, -0.05) is 6.07 Å². The number of hydrogen-bond donors (Lipinski definition) is 2. The van der Waals surface area contributed by atoms with Crippen LogP contribution in [-0.2, 0) is 11.3 Å². The van der Waals surface area contributed by atoms with E-state index < -0.39 is 0 Å². The highest BCUT2D eigenvalue weighted by Gasteiger charge is 2.09. The first kappa shape index (κ1) is 10.0. The summed E-state index contributed by atoms with van der Waals surface area (Å²) in [5, 5.41) is 1.91. The summed E-state index contributed by atoms with van der Waals surface area (Å²) in [7, 11) is 1.68. The van der Waals surface area contributed by atoms with Gasteiger partial charge in [0.2, 0.25) is 0 Å². The molecular weight excluding hydrogens is 216 g/mol. The van der Waals surface area contributed by atoms with Gasteiger partial charge in [0.1, 0.15) is 17.8 Å². The number of nitrogens with two attached hydrogens (primary N) is 1. The van der Waals surface area contributed by atoms with E-state index in [-0.39, 0.29) is 0 Å². The lowest BCUT2D eigenvalue weighted by Gasteiger charge is -2.00. The van der Waals surface area contributed by atoms with Gasteiger partial charge in [0.15, 0.2) is 0 Å². The van der Waals surface area contributed by atoms with Crippen molar-refractivity contribution in [1.29, 1.82) is 0 Å². The highest BCUT2D eigenvalue weighted by atomic mass is 16.5. The monoisotopic (exact) mass is 228 g/mol. The Morgan fingerprint density at radius 1 is 1.35 bits per heavy atom. The molecule has 0 atom stereocenters. The van der Waals surface area contributed by atoms with Crippen molar-refractivity contribution in [3.63, 3.8) is 0 Å². The number of nitrogens with zero attached hydrogens (tertiary/aromatic N) is 2. The molecule has 17 heavy (non-hydrogen) atoms. The molecule has 5 heteroatoms. The molecule has 0 radical (unpaired) electrons. The van der Waals surface area contributed by atoms with E-state index in [9.17, 15) is 0 Å². The average Bonchev–Trinajstić information content (AvgIpc) is 2.68. The first-order valence-electron chi connectivity index (χ1n) is 5.29. The summed E-state index contributed by atoms with van der Waals surface area (Å²) >= 11 is 0. The predicted molar refractivity (Wildman–Crippen MR) is 66.5 cm³/mol. The number of aromatic amines is 1. The maximum Gasteiger partial charge on any atom is 0.143 e. The normalized spacial score (nSPS) is 11.4. The van der Waals surface area contributed by atoms with Crippen molar-refractivity contribution < 1.29 is 4.74 Å². The fraction of sp³-hybridized carbons (Fsp3) is 0.167. The van der Waals surface area contributed by atoms with E-state index in [1.54, 1.807) is 7.11 Å². The van der Waals surface area contributed by atoms with Crippen LogP contribution in [0, 0.1) is 0 Å². The van der Waals surface area contributed by atoms with Gasteiger partial charge in [0, 0.05) is 18.0 Å². The summed E-state index contributed by atoms with van der Waals surface area (Å²) in [6, 6.07) is 6.08. The maximum atomic E-state index is 5.89. The van der Waals surface area contributed by atoms with Crippen LogP contribution in [0.1, 0.15) is 5.56 Å². The molecule has 86 valence electrons. The van der Waals surface area contributed by atoms with Crippen molar-refractivity contribution in [2.45, 2.75) is 6.61 Å². The molecule has 0 saturated carbocycles. The van der Waals surface area contributed by atoms with Crippen LogP contribution >= 0.6 is 0 Å². The van der Waals surface area contributed by atoms with E-state index in [1.807, 2.05) is 12.1 Å². The van der Waals surface area contributed by atoms with E-state index in [0.717, 1.165) is 27.5 Å². The summed E-state index contributed by atoms with van der Waals surface area (Å²) < 4.78 is 5.12. The number of nitrogens with one attached hydrogen (secondary N) is 1. The van der Waals surface area contributed by atoms with Gasteiger partial charge in [0.25, 0.3) is 0 Å². The lowest BCUT2D eigenvalue weighted by molar-refractivity contribution is 0.185. The number of H-pyrrole nitrogens is 1. The van der Waals surface area contributed by atoms with Crippen LogP contribution in [0.25, 0.3) is 21.9 Å². The Bertz CT molecular complexity index is 689. The quantitative estimate of drug-likeness (QED) is 0.701. The molecule has 1 aromatic carbocycles. The molecule has 5 nitrogen and oxygen atoms in total. The van der Waals surface area contributed by atoms with Crippen LogP contribution < -0.4 is 5.73 Å². The number of rotatable bonds is 2. The summed E-state index contributed by atoms with van der Waals surface area (Å²) in [5.74, 6) is 0.496. The first-order chi connectivity index (χ1) is 8.29. The van der Waals surface area contributed by atoms with Crippen LogP contribution in [0.2, 0.25) is 0 Å². The molecule has 2 aromatic heterocycles. The number of ether oxygens (including phenoxy) is 1. The van der Waals surface area contributed by atoms with E-state index in [0.29, 0.717) is 12.4 Å². The average molecular weight is 228 g/mol. The van der Waals surface area contributed by atoms with Crippen LogP contribution in [0.4, 0.5) is 5.82 Å². The Morgan fingerprint density at radius 3 is 3.06 bits per heavy atom. The molecule has 3 N–H and O–H groups in total. The third kappa shape index (κ3) is 1.52. The summed E-state index contributed by atoms with van der Waals surface area (Å²) in [6.07, 6.45) is 1.46. The largest absolute Gasteiger partial charge is 0.383 e. The Hall–Kier alpha value is -2.14. The van der Waals surface area contributed by atoms with E-state index in [4.69, 9.17) is 10.5 Å². The molecular formula is C12H12N4O. The second kappa shape index (κ2) is 3.71. The summed E-state index contributed by atoms with van der Waals surface area (Å²) in [4.78, 5) is 11.4. The van der Waals surface area contributed by atoms with Gasteiger partial charge in [-0.3, -0.25) is 0 Å². The standard InChI is InChI=1S/C12H12N4O/c1-17-5-7-2-3-9-8(4-7)10-11(13)14-6-15-12(10)16-9/h2-4,6H,5H2,1H3,(H3,13,14,15,16). The van der Waals surface area contributed by atoms with E-state index in [2.05, 4.69) is 21.0 Å². The maximum absolute atomic E-state index is 5.89. The molecule has 0 saturated heterocycles.